The van der Waals surface area contributed by atoms with E-state index in [0.717, 1.165) is 30.6 Å². The van der Waals surface area contributed by atoms with Crippen LogP contribution in [0.5, 0.6) is 0 Å². The first kappa shape index (κ1) is 19.5. The van der Waals surface area contributed by atoms with Crippen LogP contribution in [-0.2, 0) is 20.7 Å². The molecule has 0 aliphatic carbocycles. The molecule has 0 spiro atoms. The largest absolute Gasteiger partial charge is 0.469 e. The number of benzene rings is 1. The Hall–Kier alpha value is -1.59. The molecule has 0 bridgehead atoms. The van der Waals surface area contributed by atoms with Crippen molar-refractivity contribution in [2.45, 2.75) is 38.6 Å². The van der Waals surface area contributed by atoms with Crippen LogP contribution in [0.2, 0.25) is 0 Å². The van der Waals surface area contributed by atoms with E-state index >= 15 is 0 Å². The van der Waals surface area contributed by atoms with E-state index in [1.165, 1.54) is 7.11 Å². The number of carbonyl (C=O) groups excluding carboxylic acids is 2. The SMILES string of the molecule is COC(=O)CCc1ccc(NC(=O)[C@H]2CCN[C@@H](C)C2)cc1.Cl. The number of hydrogen-bond acceptors (Lipinski definition) is 4. The Morgan fingerprint density at radius 2 is 2.00 bits per heavy atom. The molecular formula is C17H25ClN2O3. The summed E-state index contributed by atoms with van der Waals surface area (Å²) in [4.78, 5) is 23.4. The number of esters is 1. The summed E-state index contributed by atoms with van der Waals surface area (Å²) >= 11 is 0. The average molecular weight is 341 g/mol. The highest BCUT2D eigenvalue weighted by Crippen LogP contribution is 2.19. The van der Waals surface area contributed by atoms with Crippen LogP contribution in [-0.4, -0.2) is 31.6 Å². The van der Waals surface area contributed by atoms with E-state index in [-0.39, 0.29) is 30.2 Å². The summed E-state index contributed by atoms with van der Waals surface area (Å²) in [5, 5.41) is 6.33. The Morgan fingerprint density at radius 1 is 1.30 bits per heavy atom. The molecule has 0 saturated carbocycles. The molecule has 128 valence electrons. The molecule has 2 N–H and O–H groups in total. The number of carbonyl (C=O) groups is 2. The Bertz CT molecular complexity index is 519. The Kier molecular flexibility index (Phi) is 8.06. The van der Waals surface area contributed by atoms with Crippen LogP contribution >= 0.6 is 12.4 Å². The summed E-state index contributed by atoms with van der Waals surface area (Å²) < 4.78 is 4.62. The molecule has 1 heterocycles. The van der Waals surface area contributed by atoms with Gasteiger partial charge >= 0.3 is 5.97 Å². The van der Waals surface area contributed by atoms with Gasteiger partial charge in [-0.15, -0.1) is 12.4 Å². The fourth-order valence-corrected chi connectivity index (χ4v) is 2.72. The molecular weight excluding hydrogens is 316 g/mol. The maximum absolute atomic E-state index is 12.3. The Labute approximate surface area is 143 Å². The topological polar surface area (TPSA) is 67.4 Å². The number of halogens is 1. The summed E-state index contributed by atoms with van der Waals surface area (Å²) in [6.45, 7) is 3.00. The van der Waals surface area contributed by atoms with Crippen molar-refractivity contribution in [3.8, 4) is 0 Å². The Balaban J connectivity index is 0.00000264. The van der Waals surface area contributed by atoms with E-state index in [1.54, 1.807) is 0 Å². The van der Waals surface area contributed by atoms with Crippen LogP contribution in [0.1, 0.15) is 31.7 Å². The van der Waals surface area contributed by atoms with Crippen LogP contribution in [0, 0.1) is 5.92 Å². The van der Waals surface area contributed by atoms with Gasteiger partial charge in [-0.25, -0.2) is 0 Å². The number of ether oxygens (including phenoxy) is 1. The van der Waals surface area contributed by atoms with Crippen LogP contribution in [0.25, 0.3) is 0 Å². The van der Waals surface area contributed by atoms with Crippen molar-refractivity contribution in [1.82, 2.24) is 5.32 Å². The van der Waals surface area contributed by atoms with Crippen LogP contribution in [0.15, 0.2) is 24.3 Å². The quantitative estimate of drug-likeness (QED) is 0.808. The molecule has 0 radical (unpaired) electrons. The normalized spacial score (nSPS) is 20.3. The molecule has 1 saturated heterocycles. The van der Waals surface area contributed by atoms with Crippen molar-refractivity contribution in [3.63, 3.8) is 0 Å². The third-order valence-electron chi connectivity index (χ3n) is 4.06. The van der Waals surface area contributed by atoms with Gasteiger partial charge in [-0.2, -0.15) is 0 Å². The van der Waals surface area contributed by atoms with Gasteiger partial charge in [0.05, 0.1) is 7.11 Å². The summed E-state index contributed by atoms with van der Waals surface area (Å²) in [7, 11) is 1.39. The first-order valence-electron chi connectivity index (χ1n) is 7.78. The number of rotatable bonds is 5. The second-order valence-corrected chi connectivity index (χ2v) is 5.84. The fraction of sp³-hybridized carbons (Fsp3) is 0.529. The van der Waals surface area contributed by atoms with Gasteiger partial charge in [-0.05, 0) is 50.4 Å². The van der Waals surface area contributed by atoms with Crippen molar-refractivity contribution in [2.75, 3.05) is 19.0 Å². The number of amides is 1. The number of piperidine rings is 1. The minimum absolute atomic E-state index is 0. The molecule has 1 aliphatic rings. The lowest BCUT2D eigenvalue weighted by Gasteiger charge is -2.27. The number of hydrogen-bond donors (Lipinski definition) is 2. The lowest BCUT2D eigenvalue weighted by molar-refractivity contribution is -0.140. The van der Waals surface area contributed by atoms with Crippen molar-refractivity contribution < 1.29 is 14.3 Å². The maximum Gasteiger partial charge on any atom is 0.305 e. The highest BCUT2D eigenvalue weighted by molar-refractivity contribution is 5.92. The summed E-state index contributed by atoms with van der Waals surface area (Å²) in [6, 6.07) is 8.03. The Morgan fingerprint density at radius 3 is 2.61 bits per heavy atom. The molecule has 23 heavy (non-hydrogen) atoms. The smallest absolute Gasteiger partial charge is 0.305 e. The number of aryl methyl sites for hydroxylation is 1. The van der Waals surface area contributed by atoms with Gasteiger partial charge in [0, 0.05) is 24.1 Å². The molecule has 1 aliphatic heterocycles. The van der Waals surface area contributed by atoms with Gasteiger partial charge in [0.1, 0.15) is 0 Å². The lowest BCUT2D eigenvalue weighted by Crippen LogP contribution is -2.40. The van der Waals surface area contributed by atoms with Gasteiger partial charge in [0.25, 0.3) is 0 Å². The zero-order valence-corrected chi connectivity index (χ0v) is 14.4. The van der Waals surface area contributed by atoms with E-state index < -0.39 is 0 Å². The zero-order chi connectivity index (χ0) is 15.9. The molecule has 6 heteroatoms. The predicted molar refractivity (Wildman–Crippen MR) is 92.8 cm³/mol. The minimum Gasteiger partial charge on any atom is -0.469 e. The van der Waals surface area contributed by atoms with Crippen LogP contribution in [0.4, 0.5) is 5.69 Å². The van der Waals surface area contributed by atoms with Gasteiger partial charge in [-0.1, -0.05) is 12.1 Å². The van der Waals surface area contributed by atoms with Gasteiger partial charge in [-0.3, -0.25) is 9.59 Å². The van der Waals surface area contributed by atoms with Crippen molar-refractivity contribution >= 4 is 30.0 Å². The van der Waals surface area contributed by atoms with Crippen LogP contribution in [0.3, 0.4) is 0 Å². The first-order valence-corrected chi connectivity index (χ1v) is 7.78. The molecule has 1 aromatic carbocycles. The van der Waals surface area contributed by atoms with E-state index in [2.05, 4.69) is 22.3 Å². The molecule has 5 nitrogen and oxygen atoms in total. The average Bonchev–Trinajstić information content (AvgIpc) is 2.53. The monoisotopic (exact) mass is 340 g/mol. The van der Waals surface area contributed by atoms with Gasteiger partial charge in [0.2, 0.25) is 5.91 Å². The van der Waals surface area contributed by atoms with E-state index in [9.17, 15) is 9.59 Å². The molecule has 1 fully saturated rings. The number of methoxy groups -OCH3 is 1. The highest BCUT2D eigenvalue weighted by atomic mass is 35.5. The predicted octanol–water partition coefficient (Wildman–Crippen LogP) is 2.54. The molecule has 2 atom stereocenters. The van der Waals surface area contributed by atoms with Crippen molar-refractivity contribution in [3.05, 3.63) is 29.8 Å². The third-order valence-corrected chi connectivity index (χ3v) is 4.06. The van der Waals surface area contributed by atoms with Crippen molar-refractivity contribution in [1.29, 1.82) is 0 Å². The number of nitrogens with one attached hydrogen (secondary N) is 2. The third kappa shape index (κ3) is 6.20. The van der Waals surface area contributed by atoms with Gasteiger partial charge in [0.15, 0.2) is 0 Å². The molecule has 2 rings (SSSR count). The van der Waals surface area contributed by atoms with E-state index in [4.69, 9.17) is 0 Å². The maximum atomic E-state index is 12.3. The summed E-state index contributed by atoms with van der Waals surface area (Å²) in [6.07, 6.45) is 2.78. The minimum atomic E-state index is -0.211. The molecule has 1 aromatic rings. The van der Waals surface area contributed by atoms with Crippen molar-refractivity contribution in [2.24, 2.45) is 5.92 Å². The number of anilines is 1. The zero-order valence-electron chi connectivity index (χ0n) is 13.6. The highest BCUT2D eigenvalue weighted by Gasteiger charge is 2.24. The summed E-state index contributed by atoms with van der Waals surface area (Å²) in [5.41, 5.74) is 1.86. The van der Waals surface area contributed by atoms with E-state index in [1.807, 2.05) is 24.3 Å². The van der Waals surface area contributed by atoms with Crippen LogP contribution < -0.4 is 10.6 Å². The summed E-state index contributed by atoms with van der Waals surface area (Å²) in [5.74, 6) is -0.0386. The fourth-order valence-electron chi connectivity index (χ4n) is 2.72. The second-order valence-electron chi connectivity index (χ2n) is 5.84. The molecule has 1 amide bonds. The molecule has 0 unspecified atom stereocenters. The molecule has 0 aromatic heterocycles. The standard InChI is InChI=1S/C17H24N2O3.ClH/c1-12-11-14(9-10-18-12)17(21)19-15-6-3-13(4-7-15)5-8-16(20)22-2;/h3-4,6-7,12,14,18H,5,8-11H2,1-2H3,(H,19,21);1H/t12-,14-;/m0./s1. The first-order chi connectivity index (χ1) is 10.6. The second kappa shape index (κ2) is 9.53. The van der Waals surface area contributed by atoms with E-state index in [0.29, 0.717) is 18.9 Å². The van der Waals surface area contributed by atoms with Gasteiger partial charge < -0.3 is 15.4 Å². The lowest BCUT2D eigenvalue weighted by atomic mass is 9.92.